The molecule has 1 aromatic rings. The highest BCUT2D eigenvalue weighted by Gasteiger charge is 2.22. The van der Waals surface area contributed by atoms with Crippen molar-refractivity contribution in [3.63, 3.8) is 0 Å². The Balaban J connectivity index is 2.94. The van der Waals surface area contributed by atoms with Gasteiger partial charge < -0.3 is 10.2 Å². The van der Waals surface area contributed by atoms with Gasteiger partial charge in [0.15, 0.2) is 5.82 Å². The summed E-state index contributed by atoms with van der Waals surface area (Å²) in [5.74, 6) is 0.753. The maximum absolute atomic E-state index is 11.9. The van der Waals surface area contributed by atoms with Crippen molar-refractivity contribution in [2.75, 3.05) is 24.3 Å². The molecule has 0 aliphatic rings. The zero-order chi connectivity index (χ0) is 12.3. The number of aromatic nitrogens is 1. The standard InChI is InChI=1S/C12H19N3O/c1-12(2,3)11(16)14-9-7-6-8-13-10(9)15(4)5/h6-8H,1-5H3,(H,14,16). The van der Waals surface area contributed by atoms with E-state index in [-0.39, 0.29) is 5.91 Å². The Morgan fingerprint density at radius 2 is 2.00 bits per heavy atom. The van der Waals surface area contributed by atoms with Gasteiger partial charge in [-0.2, -0.15) is 0 Å². The number of amides is 1. The molecule has 1 heterocycles. The third kappa shape index (κ3) is 2.95. The molecule has 16 heavy (non-hydrogen) atoms. The molecule has 0 radical (unpaired) electrons. The molecule has 0 unspecified atom stereocenters. The molecule has 0 saturated heterocycles. The van der Waals surface area contributed by atoms with E-state index in [1.165, 1.54) is 0 Å². The number of carbonyl (C=O) groups excluding carboxylic acids is 1. The largest absolute Gasteiger partial charge is 0.361 e. The lowest BCUT2D eigenvalue weighted by molar-refractivity contribution is -0.123. The molecule has 4 heteroatoms. The summed E-state index contributed by atoms with van der Waals surface area (Å²) in [7, 11) is 3.80. The van der Waals surface area contributed by atoms with Crippen LogP contribution >= 0.6 is 0 Å². The van der Waals surface area contributed by atoms with E-state index in [1.807, 2.05) is 51.9 Å². The first-order chi connectivity index (χ1) is 7.32. The summed E-state index contributed by atoms with van der Waals surface area (Å²) in [5.41, 5.74) is 0.340. The van der Waals surface area contributed by atoms with Gasteiger partial charge in [-0.3, -0.25) is 4.79 Å². The lowest BCUT2D eigenvalue weighted by atomic mass is 9.95. The summed E-state index contributed by atoms with van der Waals surface area (Å²) in [6, 6.07) is 3.66. The summed E-state index contributed by atoms with van der Waals surface area (Å²) in [6.45, 7) is 5.65. The highest BCUT2D eigenvalue weighted by atomic mass is 16.2. The third-order valence-electron chi connectivity index (χ3n) is 2.14. The average molecular weight is 221 g/mol. The van der Waals surface area contributed by atoms with Crippen LogP contribution in [0.4, 0.5) is 11.5 Å². The zero-order valence-electron chi connectivity index (χ0n) is 10.5. The molecule has 88 valence electrons. The summed E-state index contributed by atoms with van der Waals surface area (Å²) in [4.78, 5) is 17.9. The van der Waals surface area contributed by atoms with E-state index in [2.05, 4.69) is 10.3 Å². The fraction of sp³-hybridized carbons (Fsp3) is 0.500. The molecule has 0 atom stereocenters. The van der Waals surface area contributed by atoms with Crippen LogP contribution in [0.15, 0.2) is 18.3 Å². The Kier molecular flexibility index (Phi) is 3.52. The average Bonchev–Trinajstić information content (AvgIpc) is 2.16. The number of rotatable bonds is 2. The number of hydrogen-bond donors (Lipinski definition) is 1. The van der Waals surface area contributed by atoms with Crippen molar-refractivity contribution >= 4 is 17.4 Å². The van der Waals surface area contributed by atoms with Crippen molar-refractivity contribution in [2.24, 2.45) is 5.41 Å². The first-order valence-corrected chi connectivity index (χ1v) is 5.26. The van der Waals surface area contributed by atoms with E-state index in [0.29, 0.717) is 0 Å². The van der Waals surface area contributed by atoms with Crippen LogP contribution in [-0.4, -0.2) is 25.0 Å². The molecule has 1 N–H and O–H groups in total. The van der Waals surface area contributed by atoms with Gasteiger partial charge in [-0.25, -0.2) is 4.98 Å². The summed E-state index contributed by atoms with van der Waals surface area (Å²) in [5, 5.41) is 2.89. The van der Waals surface area contributed by atoms with E-state index in [0.717, 1.165) is 11.5 Å². The first kappa shape index (κ1) is 12.5. The maximum atomic E-state index is 11.9. The molecule has 0 spiro atoms. The molecule has 0 aromatic carbocycles. The molecular formula is C12H19N3O. The normalized spacial score (nSPS) is 11.1. The monoisotopic (exact) mass is 221 g/mol. The Morgan fingerprint density at radius 1 is 1.38 bits per heavy atom. The van der Waals surface area contributed by atoms with Gasteiger partial charge in [0, 0.05) is 25.7 Å². The summed E-state index contributed by atoms with van der Waals surface area (Å²) >= 11 is 0. The van der Waals surface area contributed by atoms with E-state index in [9.17, 15) is 4.79 Å². The topological polar surface area (TPSA) is 45.2 Å². The van der Waals surface area contributed by atoms with Gasteiger partial charge in [0.2, 0.25) is 5.91 Å². The van der Waals surface area contributed by atoms with E-state index < -0.39 is 5.41 Å². The second-order valence-corrected chi connectivity index (χ2v) is 4.97. The SMILES string of the molecule is CN(C)c1ncccc1NC(=O)C(C)(C)C. The second-order valence-electron chi connectivity index (χ2n) is 4.97. The van der Waals surface area contributed by atoms with Crippen LogP contribution in [0.3, 0.4) is 0 Å². The van der Waals surface area contributed by atoms with Crippen molar-refractivity contribution < 1.29 is 4.79 Å². The minimum Gasteiger partial charge on any atom is -0.361 e. The van der Waals surface area contributed by atoms with E-state index in [1.54, 1.807) is 6.20 Å². The summed E-state index contributed by atoms with van der Waals surface area (Å²) in [6.07, 6.45) is 1.71. The van der Waals surface area contributed by atoms with Crippen molar-refractivity contribution in [1.29, 1.82) is 0 Å². The molecule has 1 amide bonds. The van der Waals surface area contributed by atoms with Gasteiger partial charge in [0.1, 0.15) is 0 Å². The van der Waals surface area contributed by atoms with Crippen LogP contribution in [-0.2, 0) is 4.79 Å². The molecule has 0 saturated carbocycles. The van der Waals surface area contributed by atoms with Crippen LogP contribution in [0.25, 0.3) is 0 Å². The number of pyridine rings is 1. The fourth-order valence-corrected chi connectivity index (χ4v) is 1.16. The molecule has 4 nitrogen and oxygen atoms in total. The zero-order valence-corrected chi connectivity index (χ0v) is 10.5. The van der Waals surface area contributed by atoms with Crippen LogP contribution in [0.2, 0.25) is 0 Å². The number of nitrogens with one attached hydrogen (secondary N) is 1. The van der Waals surface area contributed by atoms with Crippen molar-refractivity contribution in [2.45, 2.75) is 20.8 Å². The highest BCUT2D eigenvalue weighted by molar-refractivity contribution is 5.96. The minimum absolute atomic E-state index is 0.0106. The predicted molar refractivity (Wildman–Crippen MR) is 66.6 cm³/mol. The van der Waals surface area contributed by atoms with Crippen molar-refractivity contribution in [1.82, 2.24) is 4.98 Å². The Hall–Kier alpha value is -1.58. The van der Waals surface area contributed by atoms with Gasteiger partial charge in [0.05, 0.1) is 5.69 Å². The van der Waals surface area contributed by atoms with E-state index in [4.69, 9.17) is 0 Å². The van der Waals surface area contributed by atoms with Gasteiger partial charge >= 0.3 is 0 Å². The Morgan fingerprint density at radius 3 is 2.50 bits per heavy atom. The second kappa shape index (κ2) is 4.51. The molecule has 0 fully saturated rings. The first-order valence-electron chi connectivity index (χ1n) is 5.26. The molecule has 0 aliphatic carbocycles. The molecular weight excluding hydrogens is 202 g/mol. The Labute approximate surface area is 96.7 Å². The number of hydrogen-bond acceptors (Lipinski definition) is 3. The van der Waals surface area contributed by atoms with Gasteiger partial charge in [0.25, 0.3) is 0 Å². The molecule has 0 aliphatic heterocycles. The highest BCUT2D eigenvalue weighted by Crippen LogP contribution is 2.23. The van der Waals surface area contributed by atoms with Gasteiger partial charge in [-0.15, -0.1) is 0 Å². The van der Waals surface area contributed by atoms with Crippen molar-refractivity contribution in [3.8, 4) is 0 Å². The van der Waals surface area contributed by atoms with Gasteiger partial charge in [-0.05, 0) is 12.1 Å². The van der Waals surface area contributed by atoms with E-state index >= 15 is 0 Å². The fourth-order valence-electron chi connectivity index (χ4n) is 1.16. The van der Waals surface area contributed by atoms with Crippen LogP contribution < -0.4 is 10.2 Å². The lowest BCUT2D eigenvalue weighted by Crippen LogP contribution is -2.28. The number of anilines is 2. The smallest absolute Gasteiger partial charge is 0.229 e. The minimum atomic E-state index is -0.403. The lowest BCUT2D eigenvalue weighted by Gasteiger charge is -2.21. The third-order valence-corrected chi connectivity index (χ3v) is 2.14. The predicted octanol–water partition coefficient (Wildman–Crippen LogP) is 2.13. The van der Waals surface area contributed by atoms with Crippen molar-refractivity contribution in [3.05, 3.63) is 18.3 Å². The summed E-state index contributed by atoms with van der Waals surface area (Å²) < 4.78 is 0. The van der Waals surface area contributed by atoms with Crippen LogP contribution in [0, 0.1) is 5.41 Å². The number of nitrogens with zero attached hydrogens (tertiary/aromatic N) is 2. The van der Waals surface area contributed by atoms with Crippen LogP contribution in [0.5, 0.6) is 0 Å². The number of carbonyl (C=O) groups is 1. The quantitative estimate of drug-likeness (QED) is 0.832. The molecule has 1 rings (SSSR count). The maximum Gasteiger partial charge on any atom is 0.229 e. The van der Waals surface area contributed by atoms with Crippen LogP contribution in [0.1, 0.15) is 20.8 Å². The molecule has 0 bridgehead atoms. The molecule has 1 aromatic heterocycles. The van der Waals surface area contributed by atoms with Gasteiger partial charge in [-0.1, -0.05) is 20.8 Å². The Bertz CT molecular complexity index is 380.